The van der Waals surface area contributed by atoms with E-state index in [1.165, 1.54) is 4.31 Å². The van der Waals surface area contributed by atoms with Gasteiger partial charge in [0.2, 0.25) is 0 Å². The van der Waals surface area contributed by atoms with Gasteiger partial charge in [-0.3, -0.25) is 0 Å². The molecule has 2 aliphatic heterocycles. The SMILES string of the molecule is O=S(=O)(N1CCOCC1)N1CCC(n2cnc3ccccc32)C1. The Morgan fingerprint density at radius 3 is 2.70 bits per heavy atom. The van der Waals surface area contributed by atoms with Crippen molar-refractivity contribution >= 4 is 21.2 Å². The fraction of sp³-hybridized carbons (Fsp3) is 0.533. The van der Waals surface area contributed by atoms with Crippen molar-refractivity contribution in [3.63, 3.8) is 0 Å². The quantitative estimate of drug-likeness (QED) is 0.834. The Morgan fingerprint density at radius 2 is 1.87 bits per heavy atom. The molecule has 3 heterocycles. The van der Waals surface area contributed by atoms with Gasteiger partial charge in [0.1, 0.15) is 0 Å². The minimum Gasteiger partial charge on any atom is -0.379 e. The molecule has 1 aromatic heterocycles. The summed E-state index contributed by atoms with van der Waals surface area (Å²) in [6.07, 6.45) is 2.63. The number of fused-ring (bicyclic) bond motifs is 1. The zero-order valence-electron chi connectivity index (χ0n) is 12.8. The second-order valence-corrected chi connectivity index (χ2v) is 7.89. The lowest BCUT2D eigenvalue weighted by Crippen LogP contribution is -2.47. The average Bonchev–Trinajstić information content (AvgIpc) is 3.22. The van der Waals surface area contributed by atoms with Gasteiger partial charge in [-0.25, -0.2) is 4.98 Å². The van der Waals surface area contributed by atoms with E-state index >= 15 is 0 Å². The summed E-state index contributed by atoms with van der Waals surface area (Å²) in [6, 6.07) is 8.09. The highest BCUT2D eigenvalue weighted by Crippen LogP contribution is 2.28. The van der Waals surface area contributed by atoms with Crippen molar-refractivity contribution < 1.29 is 13.2 Å². The molecule has 1 unspecified atom stereocenters. The molecule has 2 aromatic rings. The van der Waals surface area contributed by atoms with Crippen LogP contribution in [0.25, 0.3) is 11.0 Å². The summed E-state index contributed by atoms with van der Waals surface area (Å²) < 4.78 is 36.0. The number of rotatable bonds is 3. The van der Waals surface area contributed by atoms with Crippen LogP contribution in [0.1, 0.15) is 12.5 Å². The van der Waals surface area contributed by atoms with Crippen LogP contribution in [0.2, 0.25) is 0 Å². The van der Waals surface area contributed by atoms with Gasteiger partial charge in [0.25, 0.3) is 10.2 Å². The predicted molar refractivity (Wildman–Crippen MR) is 86.3 cm³/mol. The number of aromatic nitrogens is 2. The topological polar surface area (TPSA) is 67.7 Å². The molecule has 0 amide bonds. The molecule has 0 spiro atoms. The number of hydrogen-bond donors (Lipinski definition) is 0. The molecular formula is C15H20N4O3S. The van der Waals surface area contributed by atoms with Crippen LogP contribution in [-0.4, -0.2) is 66.0 Å². The molecule has 4 rings (SSSR count). The van der Waals surface area contributed by atoms with E-state index in [9.17, 15) is 8.42 Å². The number of nitrogens with zero attached hydrogens (tertiary/aromatic N) is 4. The van der Waals surface area contributed by atoms with Gasteiger partial charge in [0, 0.05) is 26.2 Å². The van der Waals surface area contributed by atoms with Crippen LogP contribution < -0.4 is 0 Å². The van der Waals surface area contributed by atoms with Gasteiger partial charge in [0.05, 0.1) is 36.6 Å². The number of ether oxygens (including phenoxy) is 1. The first-order valence-corrected chi connectivity index (χ1v) is 9.30. The Balaban J connectivity index is 1.55. The first-order valence-electron chi connectivity index (χ1n) is 7.91. The zero-order valence-corrected chi connectivity index (χ0v) is 13.7. The fourth-order valence-corrected chi connectivity index (χ4v) is 4.99. The third-order valence-electron chi connectivity index (χ3n) is 4.62. The van der Waals surface area contributed by atoms with Gasteiger partial charge < -0.3 is 9.30 Å². The summed E-state index contributed by atoms with van der Waals surface area (Å²) in [5.74, 6) is 0. The van der Waals surface area contributed by atoms with Crippen molar-refractivity contribution in [1.82, 2.24) is 18.2 Å². The normalized spacial score (nSPS) is 24.4. The Bertz CT molecular complexity index is 798. The van der Waals surface area contributed by atoms with E-state index in [0.717, 1.165) is 17.5 Å². The summed E-state index contributed by atoms with van der Waals surface area (Å²) in [5, 5.41) is 0. The van der Waals surface area contributed by atoms with E-state index in [-0.39, 0.29) is 6.04 Å². The van der Waals surface area contributed by atoms with Crippen molar-refractivity contribution in [2.24, 2.45) is 0 Å². The van der Waals surface area contributed by atoms with Crippen LogP contribution in [0, 0.1) is 0 Å². The van der Waals surface area contributed by atoms with Crippen LogP contribution in [-0.2, 0) is 14.9 Å². The Hall–Kier alpha value is -1.48. The van der Waals surface area contributed by atoms with Gasteiger partial charge in [0.15, 0.2) is 0 Å². The number of morpholine rings is 1. The highest BCUT2D eigenvalue weighted by Gasteiger charge is 2.37. The van der Waals surface area contributed by atoms with Crippen LogP contribution in [0.4, 0.5) is 0 Å². The average molecular weight is 336 g/mol. The van der Waals surface area contributed by atoms with E-state index in [1.807, 2.05) is 30.6 Å². The molecule has 0 N–H and O–H groups in total. The molecule has 0 saturated carbocycles. The summed E-state index contributed by atoms with van der Waals surface area (Å²) in [5.41, 5.74) is 2.00. The smallest absolute Gasteiger partial charge is 0.282 e. The maximum absolute atomic E-state index is 12.7. The molecule has 2 aliphatic rings. The molecule has 8 heteroatoms. The molecule has 2 fully saturated rings. The van der Waals surface area contributed by atoms with Gasteiger partial charge in [-0.15, -0.1) is 0 Å². The molecule has 0 bridgehead atoms. The first-order chi connectivity index (χ1) is 11.2. The molecule has 23 heavy (non-hydrogen) atoms. The van der Waals surface area contributed by atoms with Gasteiger partial charge >= 0.3 is 0 Å². The fourth-order valence-electron chi connectivity index (χ4n) is 3.36. The number of para-hydroxylation sites is 2. The second kappa shape index (κ2) is 5.86. The van der Waals surface area contributed by atoms with E-state index in [4.69, 9.17) is 4.74 Å². The number of imidazole rings is 1. The molecule has 1 atom stereocenters. The third kappa shape index (κ3) is 2.65. The van der Waals surface area contributed by atoms with Crippen molar-refractivity contribution in [2.75, 3.05) is 39.4 Å². The maximum Gasteiger partial charge on any atom is 0.282 e. The standard InChI is InChI=1S/C15H20N4O3S/c20-23(21,17-7-9-22-10-8-17)18-6-5-13(11-18)19-12-16-14-3-1-2-4-15(14)19/h1-4,12-13H,5-11H2. The Kier molecular flexibility index (Phi) is 3.84. The first kappa shape index (κ1) is 15.1. The summed E-state index contributed by atoms with van der Waals surface area (Å²) >= 11 is 0. The monoisotopic (exact) mass is 336 g/mol. The van der Waals surface area contributed by atoms with Gasteiger partial charge in [-0.1, -0.05) is 12.1 Å². The van der Waals surface area contributed by atoms with Crippen molar-refractivity contribution in [2.45, 2.75) is 12.5 Å². The number of benzene rings is 1. The lowest BCUT2D eigenvalue weighted by atomic mass is 10.2. The minimum atomic E-state index is -3.39. The molecule has 0 radical (unpaired) electrons. The van der Waals surface area contributed by atoms with E-state index in [1.54, 1.807) is 4.31 Å². The molecule has 7 nitrogen and oxygen atoms in total. The van der Waals surface area contributed by atoms with Crippen molar-refractivity contribution in [1.29, 1.82) is 0 Å². The zero-order chi connectivity index (χ0) is 15.9. The summed E-state index contributed by atoms with van der Waals surface area (Å²) in [7, 11) is -3.39. The predicted octanol–water partition coefficient (Wildman–Crippen LogP) is 0.860. The molecule has 124 valence electrons. The Morgan fingerprint density at radius 1 is 1.09 bits per heavy atom. The van der Waals surface area contributed by atoms with Crippen LogP contribution in [0.5, 0.6) is 0 Å². The second-order valence-electron chi connectivity index (χ2n) is 5.96. The van der Waals surface area contributed by atoms with E-state index in [0.29, 0.717) is 39.4 Å². The molecule has 2 saturated heterocycles. The highest BCUT2D eigenvalue weighted by atomic mass is 32.2. The van der Waals surface area contributed by atoms with Crippen molar-refractivity contribution in [3.05, 3.63) is 30.6 Å². The van der Waals surface area contributed by atoms with Crippen molar-refractivity contribution in [3.8, 4) is 0 Å². The van der Waals surface area contributed by atoms with Crippen LogP contribution >= 0.6 is 0 Å². The summed E-state index contributed by atoms with van der Waals surface area (Å²) in [4.78, 5) is 4.41. The van der Waals surface area contributed by atoms with Gasteiger partial charge in [-0.05, 0) is 18.6 Å². The lowest BCUT2D eigenvalue weighted by molar-refractivity contribution is 0.0705. The lowest BCUT2D eigenvalue weighted by Gasteiger charge is -2.30. The molecule has 1 aromatic carbocycles. The van der Waals surface area contributed by atoms with E-state index in [2.05, 4.69) is 9.55 Å². The minimum absolute atomic E-state index is 0.137. The largest absolute Gasteiger partial charge is 0.379 e. The van der Waals surface area contributed by atoms with Crippen LogP contribution in [0.15, 0.2) is 30.6 Å². The Labute approximate surface area is 135 Å². The molecule has 0 aliphatic carbocycles. The highest BCUT2D eigenvalue weighted by molar-refractivity contribution is 7.86. The third-order valence-corrected chi connectivity index (χ3v) is 6.63. The molecular weight excluding hydrogens is 316 g/mol. The van der Waals surface area contributed by atoms with E-state index < -0.39 is 10.2 Å². The van der Waals surface area contributed by atoms with Gasteiger partial charge in [-0.2, -0.15) is 17.0 Å². The maximum atomic E-state index is 12.7. The van der Waals surface area contributed by atoms with Crippen LogP contribution in [0.3, 0.4) is 0 Å². The number of hydrogen-bond acceptors (Lipinski definition) is 4. The summed E-state index contributed by atoms with van der Waals surface area (Å²) in [6.45, 7) is 2.89.